The first-order valence-corrected chi connectivity index (χ1v) is 9.88. The molecule has 2 saturated heterocycles. The summed E-state index contributed by atoms with van der Waals surface area (Å²) in [5.41, 5.74) is 1.99. The molecule has 2 atom stereocenters. The van der Waals surface area contributed by atoms with Crippen molar-refractivity contribution in [2.24, 2.45) is 0 Å². The fourth-order valence-corrected chi connectivity index (χ4v) is 4.58. The molecular weight excluding hydrogens is 334 g/mol. The monoisotopic (exact) mass is 359 g/mol. The van der Waals surface area contributed by atoms with Gasteiger partial charge in [0, 0.05) is 30.2 Å². The summed E-state index contributed by atoms with van der Waals surface area (Å²) in [5.74, 6) is 0. The van der Waals surface area contributed by atoms with Gasteiger partial charge < -0.3 is 9.47 Å². The molecule has 0 amide bonds. The molecule has 0 radical (unpaired) electrons. The molecule has 0 bridgehead atoms. The predicted molar refractivity (Wildman–Crippen MR) is 97.5 cm³/mol. The second kappa shape index (κ2) is 7.50. The standard InChI is InChI=1S/C19H25N3O2S/c1-15-4-2-5-16(21-15)12-23-17-10-19(24-13-17)6-3-8-22(14-19)11-18-20-7-9-25-18/h2,4-5,7,9,17H,3,6,8,10-14H2,1H3/t17-,19-/m1/s1. The van der Waals surface area contributed by atoms with Crippen molar-refractivity contribution in [2.45, 2.75) is 51.0 Å². The highest BCUT2D eigenvalue weighted by Gasteiger charge is 2.43. The SMILES string of the molecule is Cc1cccc(CO[C@H]2CO[C@]3(CCCN(Cc4nccs4)C3)C2)n1. The predicted octanol–water partition coefficient (Wildman–Crippen LogP) is 3.19. The van der Waals surface area contributed by atoms with Gasteiger partial charge in [0.15, 0.2) is 0 Å². The number of thiazole rings is 1. The third kappa shape index (κ3) is 4.26. The zero-order chi connectivity index (χ0) is 17.1. The van der Waals surface area contributed by atoms with Gasteiger partial charge in [-0.3, -0.25) is 9.88 Å². The van der Waals surface area contributed by atoms with Crippen LogP contribution in [-0.4, -0.2) is 46.3 Å². The quantitative estimate of drug-likeness (QED) is 0.820. The lowest BCUT2D eigenvalue weighted by Crippen LogP contribution is -2.47. The molecule has 134 valence electrons. The Morgan fingerprint density at radius 2 is 2.40 bits per heavy atom. The molecule has 6 heteroatoms. The van der Waals surface area contributed by atoms with Crippen LogP contribution in [0.4, 0.5) is 0 Å². The summed E-state index contributed by atoms with van der Waals surface area (Å²) in [7, 11) is 0. The summed E-state index contributed by atoms with van der Waals surface area (Å²) < 4.78 is 12.3. The second-order valence-corrected chi connectivity index (χ2v) is 8.12. The van der Waals surface area contributed by atoms with Gasteiger partial charge >= 0.3 is 0 Å². The Kier molecular flexibility index (Phi) is 5.12. The first-order valence-electron chi connectivity index (χ1n) is 9.00. The fraction of sp³-hybridized carbons (Fsp3) is 0.579. The van der Waals surface area contributed by atoms with E-state index in [-0.39, 0.29) is 11.7 Å². The Labute approximate surface area is 153 Å². The van der Waals surface area contributed by atoms with Crippen LogP contribution in [-0.2, 0) is 22.6 Å². The third-order valence-electron chi connectivity index (χ3n) is 5.05. The highest BCUT2D eigenvalue weighted by Crippen LogP contribution is 2.36. The lowest BCUT2D eigenvalue weighted by atomic mass is 9.89. The van der Waals surface area contributed by atoms with E-state index in [9.17, 15) is 0 Å². The second-order valence-electron chi connectivity index (χ2n) is 7.14. The minimum atomic E-state index is -0.0415. The van der Waals surface area contributed by atoms with Gasteiger partial charge in [0.2, 0.25) is 0 Å². The summed E-state index contributed by atoms with van der Waals surface area (Å²) in [4.78, 5) is 11.4. The van der Waals surface area contributed by atoms with Crippen LogP contribution in [0.5, 0.6) is 0 Å². The van der Waals surface area contributed by atoms with E-state index in [1.807, 2.05) is 36.7 Å². The minimum Gasteiger partial charge on any atom is -0.371 e. The van der Waals surface area contributed by atoms with E-state index in [0.29, 0.717) is 13.2 Å². The van der Waals surface area contributed by atoms with Crippen LogP contribution < -0.4 is 0 Å². The summed E-state index contributed by atoms with van der Waals surface area (Å²) in [5, 5.41) is 3.23. The molecule has 0 N–H and O–H groups in total. The largest absolute Gasteiger partial charge is 0.371 e. The van der Waals surface area contributed by atoms with Crippen molar-refractivity contribution >= 4 is 11.3 Å². The van der Waals surface area contributed by atoms with Crippen molar-refractivity contribution in [3.63, 3.8) is 0 Å². The maximum atomic E-state index is 6.25. The number of ether oxygens (including phenoxy) is 2. The van der Waals surface area contributed by atoms with Gasteiger partial charge in [0.05, 0.1) is 37.2 Å². The Morgan fingerprint density at radius 3 is 3.24 bits per heavy atom. The van der Waals surface area contributed by atoms with Crippen molar-refractivity contribution in [3.8, 4) is 0 Å². The number of likely N-dealkylation sites (tertiary alicyclic amines) is 1. The van der Waals surface area contributed by atoms with E-state index in [0.717, 1.165) is 43.9 Å². The fourth-order valence-electron chi connectivity index (χ4n) is 3.92. The molecule has 2 aliphatic heterocycles. The minimum absolute atomic E-state index is 0.0415. The average Bonchev–Trinajstić information content (AvgIpc) is 3.24. The lowest BCUT2D eigenvalue weighted by Gasteiger charge is -2.39. The first-order chi connectivity index (χ1) is 12.2. The van der Waals surface area contributed by atoms with Gasteiger partial charge in [0.1, 0.15) is 5.01 Å². The van der Waals surface area contributed by atoms with Crippen LogP contribution in [0.25, 0.3) is 0 Å². The summed E-state index contributed by atoms with van der Waals surface area (Å²) in [6.07, 6.45) is 5.34. The molecule has 2 aliphatic rings. The molecule has 5 nitrogen and oxygen atoms in total. The van der Waals surface area contributed by atoms with Crippen LogP contribution in [0.15, 0.2) is 29.8 Å². The summed E-state index contributed by atoms with van der Waals surface area (Å²) >= 11 is 1.73. The highest BCUT2D eigenvalue weighted by atomic mass is 32.1. The molecule has 25 heavy (non-hydrogen) atoms. The van der Waals surface area contributed by atoms with Crippen molar-refractivity contribution in [1.29, 1.82) is 0 Å². The molecule has 2 aromatic rings. The topological polar surface area (TPSA) is 47.5 Å². The van der Waals surface area contributed by atoms with Crippen LogP contribution >= 0.6 is 11.3 Å². The van der Waals surface area contributed by atoms with Crippen molar-refractivity contribution < 1.29 is 9.47 Å². The Morgan fingerprint density at radius 1 is 1.44 bits per heavy atom. The molecule has 0 saturated carbocycles. The van der Waals surface area contributed by atoms with E-state index in [2.05, 4.69) is 14.9 Å². The Bertz CT molecular complexity index is 694. The van der Waals surface area contributed by atoms with Crippen LogP contribution in [0.3, 0.4) is 0 Å². The number of hydrogen-bond donors (Lipinski definition) is 0. The smallest absolute Gasteiger partial charge is 0.107 e. The number of aromatic nitrogens is 2. The van der Waals surface area contributed by atoms with Gasteiger partial charge in [-0.1, -0.05) is 6.07 Å². The van der Waals surface area contributed by atoms with Crippen LogP contribution in [0, 0.1) is 6.92 Å². The molecule has 4 rings (SSSR count). The number of piperidine rings is 1. The Balaban J connectivity index is 1.31. The van der Waals surface area contributed by atoms with Gasteiger partial charge in [-0.25, -0.2) is 4.98 Å². The van der Waals surface area contributed by atoms with Crippen molar-refractivity contribution in [2.75, 3.05) is 19.7 Å². The molecule has 2 fully saturated rings. The van der Waals surface area contributed by atoms with Crippen LogP contribution in [0.2, 0.25) is 0 Å². The summed E-state index contributed by atoms with van der Waals surface area (Å²) in [6.45, 7) is 6.31. The van der Waals surface area contributed by atoms with E-state index in [4.69, 9.17) is 9.47 Å². The van der Waals surface area contributed by atoms with Gasteiger partial charge in [-0.2, -0.15) is 0 Å². The molecule has 1 spiro atoms. The van der Waals surface area contributed by atoms with Crippen molar-refractivity contribution in [3.05, 3.63) is 46.2 Å². The maximum Gasteiger partial charge on any atom is 0.107 e. The Hall–Kier alpha value is -1.34. The number of aryl methyl sites for hydroxylation is 1. The van der Waals surface area contributed by atoms with Crippen molar-refractivity contribution in [1.82, 2.24) is 14.9 Å². The normalized spacial score (nSPS) is 27.2. The lowest BCUT2D eigenvalue weighted by molar-refractivity contribution is -0.0548. The van der Waals surface area contributed by atoms with E-state index in [1.54, 1.807) is 11.3 Å². The van der Waals surface area contributed by atoms with Crippen LogP contribution in [0.1, 0.15) is 35.7 Å². The first kappa shape index (κ1) is 17.1. The molecular formula is C19H25N3O2S. The molecule has 0 unspecified atom stereocenters. The van der Waals surface area contributed by atoms with Gasteiger partial charge in [-0.05, 0) is 38.4 Å². The summed E-state index contributed by atoms with van der Waals surface area (Å²) in [6, 6.07) is 6.07. The molecule has 0 aliphatic carbocycles. The number of nitrogens with zero attached hydrogens (tertiary/aromatic N) is 3. The van der Waals surface area contributed by atoms with E-state index < -0.39 is 0 Å². The number of hydrogen-bond acceptors (Lipinski definition) is 6. The maximum absolute atomic E-state index is 6.25. The number of pyridine rings is 1. The van der Waals surface area contributed by atoms with E-state index in [1.165, 1.54) is 11.4 Å². The third-order valence-corrected chi connectivity index (χ3v) is 5.81. The number of rotatable bonds is 5. The van der Waals surface area contributed by atoms with E-state index >= 15 is 0 Å². The zero-order valence-corrected chi connectivity index (χ0v) is 15.5. The molecule has 0 aromatic carbocycles. The average molecular weight is 359 g/mol. The van der Waals surface area contributed by atoms with Gasteiger partial charge in [0.25, 0.3) is 0 Å². The van der Waals surface area contributed by atoms with Gasteiger partial charge in [-0.15, -0.1) is 11.3 Å². The molecule has 4 heterocycles. The zero-order valence-electron chi connectivity index (χ0n) is 14.7. The molecule has 2 aromatic heterocycles. The highest BCUT2D eigenvalue weighted by molar-refractivity contribution is 7.09.